The van der Waals surface area contributed by atoms with Crippen LogP contribution in [0.3, 0.4) is 0 Å². The molecule has 10 aromatic rings. The van der Waals surface area contributed by atoms with E-state index in [1.807, 2.05) is 0 Å². The van der Waals surface area contributed by atoms with Crippen molar-refractivity contribution in [3.8, 4) is 78.1 Å². The molecule has 0 aliphatic heterocycles. The highest BCUT2D eigenvalue weighted by atomic mass is 14.7. The summed E-state index contributed by atoms with van der Waals surface area (Å²) in [5, 5.41) is 5.21. The van der Waals surface area contributed by atoms with Gasteiger partial charge in [-0.25, -0.2) is 4.98 Å². The van der Waals surface area contributed by atoms with Crippen LogP contribution in [0.25, 0.3) is 99.7 Å². The summed E-state index contributed by atoms with van der Waals surface area (Å²) in [6.07, 6.45) is 12.6. The summed E-state index contributed by atoms with van der Waals surface area (Å²) in [6.45, 7) is 0. The summed E-state index contributed by atoms with van der Waals surface area (Å²) in [5.74, 6) is 0. The highest BCUT2D eigenvalue weighted by Crippen LogP contribution is 2.59. The Labute approximate surface area is 400 Å². The van der Waals surface area contributed by atoms with Crippen molar-refractivity contribution < 1.29 is 0 Å². The first-order valence-electron chi connectivity index (χ1n) is 25.3. The smallest absolute Gasteiger partial charge is 0.0715 e. The average Bonchev–Trinajstić information content (AvgIpc) is 3.83. The Morgan fingerprint density at radius 2 is 0.676 bits per heavy atom. The Morgan fingerprint density at radius 3 is 1.19 bits per heavy atom. The van der Waals surface area contributed by atoms with Crippen molar-refractivity contribution in [1.29, 1.82) is 0 Å². The summed E-state index contributed by atoms with van der Waals surface area (Å²) in [7, 11) is 0. The maximum absolute atomic E-state index is 5.29. The van der Waals surface area contributed by atoms with Crippen molar-refractivity contribution in [2.75, 3.05) is 0 Å². The predicted molar refractivity (Wildman–Crippen MR) is 285 cm³/mol. The third-order valence-electron chi connectivity index (χ3n) is 16.8. The number of rotatable bonds is 5. The van der Waals surface area contributed by atoms with E-state index in [9.17, 15) is 0 Å². The van der Waals surface area contributed by atoms with Crippen LogP contribution in [-0.4, -0.2) is 4.98 Å². The molecule has 4 aliphatic carbocycles. The second-order valence-electron chi connectivity index (χ2n) is 20.3. The molecule has 9 aromatic carbocycles. The Balaban J connectivity index is 1.04. The van der Waals surface area contributed by atoms with Crippen LogP contribution >= 0.6 is 0 Å². The van der Waals surface area contributed by atoms with Crippen LogP contribution in [0, 0.1) is 0 Å². The van der Waals surface area contributed by atoms with E-state index in [1.165, 1.54) is 164 Å². The topological polar surface area (TPSA) is 12.9 Å². The second-order valence-corrected chi connectivity index (χ2v) is 20.3. The molecule has 4 aliphatic rings. The van der Waals surface area contributed by atoms with E-state index in [1.54, 1.807) is 0 Å². The Hall–Kier alpha value is -7.35. The van der Waals surface area contributed by atoms with Crippen LogP contribution in [0.1, 0.15) is 86.5 Å². The molecule has 2 saturated carbocycles. The third-order valence-corrected chi connectivity index (χ3v) is 16.8. The molecule has 326 valence electrons. The third kappa shape index (κ3) is 5.97. The highest BCUT2D eigenvalue weighted by Gasteiger charge is 2.45. The molecule has 2 spiro atoms. The lowest BCUT2D eigenvalue weighted by molar-refractivity contribution is 0.353. The fraction of sp³-hybridized carbons (Fsp3) is 0.179. The molecule has 0 unspecified atom stereocenters. The first-order chi connectivity index (χ1) is 33.7. The van der Waals surface area contributed by atoms with Crippen LogP contribution in [0.4, 0.5) is 0 Å². The van der Waals surface area contributed by atoms with Crippen LogP contribution < -0.4 is 0 Å². The predicted octanol–water partition coefficient (Wildman–Crippen LogP) is 18.2. The van der Waals surface area contributed by atoms with Gasteiger partial charge in [-0.3, -0.25) is 0 Å². The molecule has 0 N–H and O–H groups in total. The lowest BCUT2D eigenvalue weighted by Crippen LogP contribution is -2.28. The van der Waals surface area contributed by atoms with Crippen molar-refractivity contribution >= 4 is 21.5 Å². The van der Waals surface area contributed by atoms with E-state index in [4.69, 9.17) is 4.98 Å². The van der Waals surface area contributed by atoms with Crippen LogP contribution in [0.2, 0.25) is 0 Å². The van der Waals surface area contributed by atoms with Crippen LogP contribution in [-0.2, 0) is 10.8 Å². The zero-order valence-corrected chi connectivity index (χ0v) is 38.6. The molecule has 1 nitrogen and oxygen atoms in total. The molecule has 0 saturated heterocycles. The lowest BCUT2D eigenvalue weighted by Gasteiger charge is -2.36. The first-order valence-corrected chi connectivity index (χ1v) is 25.3. The van der Waals surface area contributed by atoms with E-state index in [-0.39, 0.29) is 10.8 Å². The molecule has 0 bridgehead atoms. The molecule has 0 amide bonds. The van der Waals surface area contributed by atoms with Gasteiger partial charge in [-0.1, -0.05) is 208 Å². The zero-order valence-electron chi connectivity index (χ0n) is 38.6. The number of pyridine rings is 1. The Kier molecular flexibility index (Phi) is 9.13. The largest absolute Gasteiger partial charge is 0.248 e. The fourth-order valence-corrected chi connectivity index (χ4v) is 13.8. The molecule has 1 heteroatoms. The van der Waals surface area contributed by atoms with Gasteiger partial charge in [0.25, 0.3) is 0 Å². The molecular formula is C67H53N. The molecule has 0 radical (unpaired) electrons. The number of hydrogen-bond donors (Lipinski definition) is 0. The maximum Gasteiger partial charge on any atom is 0.0715 e. The van der Waals surface area contributed by atoms with Gasteiger partial charge in [-0.15, -0.1) is 0 Å². The molecular weight excluding hydrogens is 819 g/mol. The summed E-state index contributed by atoms with van der Waals surface area (Å²) < 4.78 is 0. The number of nitrogens with zero attached hydrogens (tertiary/aromatic N) is 1. The van der Waals surface area contributed by atoms with Crippen molar-refractivity contribution in [2.24, 2.45) is 0 Å². The summed E-state index contributed by atoms with van der Waals surface area (Å²) in [6, 6.07) is 76.2. The van der Waals surface area contributed by atoms with Gasteiger partial charge in [0, 0.05) is 22.0 Å². The van der Waals surface area contributed by atoms with Crippen molar-refractivity contribution in [3.05, 3.63) is 222 Å². The van der Waals surface area contributed by atoms with Gasteiger partial charge in [0.15, 0.2) is 0 Å². The monoisotopic (exact) mass is 871 g/mol. The quantitative estimate of drug-likeness (QED) is 0.157. The van der Waals surface area contributed by atoms with E-state index < -0.39 is 0 Å². The Morgan fingerprint density at radius 1 is 0.265 bits per heavy atom. The van der Waals surface area contributed by atoms with Gasteiger partial charge in [0.1, 0.15) is 0 Å². The standard InChI is InChI=1S/C67H53N/c1-5-19-44(20-6-1)62-42-49(43-63(68-62)45-21-7-2-8-22-45)46-29-34-56-57(39-46)65(48-31-33-53-51-24-12-14-28-59(51)67(61(53)41-48)37-17-4-18-38-67)55-26-10-9-25-54(55)64(56)47-30-32-52-50-23-11-13-27-58(50)66(60(52)40-47)35-15-3-16-36-66/h1-2,5-14,19-34,39-43H,3-4,15-18,35-38H2. The normalized spacial score (nSPS) is 16.2. The maximum atomic E-state index is 5.29. The first kappa shape index (κ1) is 39.8. The van der Waals surface area contributed by atoms with E-state index >= 15 is 0 Å². The number of hydrogen-bond acceptors (Lipinski definition) is 1. The van der Waals surface area contributed by atoms with Crippen LogP contribution in [0.15, 0.2) is 200 Å². The zero-order chi connectivity index (χ0) is 44.8. The van der Waals surface area contributed by atoms with Gasteiger partial charge in [0.2, 0.25) is 0 Å². The second kappa shape index (κ2) is 15.6. The molecule has 14 rings (SSSR count). The van der Waals surface area contributed by atoms with Crippen molar-refractivity contribution in [3.63, 3.8) is 0 Å². The van der Waals surface area contributed by atoms with Gasteiger partial charge in [-0.2, -0.15) is 0 Å². The summed E-state index contributed by atoms with van der Waals surface area (Å²) in [5.41, 5.74) is 23.8. The van der Waals surface area contributed by atoms with Crippen molar-refractivity contribution in [2.45, 2.75) is 75.0 Å². The lowest BCUT2D eigenvalue weighted by atomic mass is 9.67. The SMILES string of the molecule is c1ccc(-c2cc(-c3ccc4c(-c5ccc6c(c5)C5(CCCCC5)c5ccccc5-6)c5ccccc5c(-c5ccc6c(c5)C5(CCCCC5)c5ccccc5-6)c4c3)cc(-c3ccccc3)n2)cc1. The van der Waals surface area contributed by atoms with E-state index in [2.05, 4.69) is 200 Å². The summed E-state index contributed by atoms with van der Waals surface area (Å²) in [4.78, 5) is 5.29. The molecule has 2 fully saturated rings. The van der Waals surface area contributed by atoms with Gasteiger partial charge >= 0.3 is 0 Å². The summed E-state index contributed by atoms with van der Waals surface area (Å²) >= 11 is 0. The number of fused-ring (bicyclic) bond motifs is 12. The van der Waals surface area contributed by atoms with E-state index in [0.717, 1.165) is 22.5 Å². The minimum absolute atomic E-state index is 0.0622. The number of aromatic nitrogens is 1. The average molecular weight is 872 g/mol. The van der Waals surface area contributed by atoms with Crippen molar-refractivity contribution in [1.82, 2.24) is 4.98 Å². The van der Waals surface area contributed by atoms with Gasteiger partial charge in [0.05, 0.1) is 11.4 Å². The molecule has 1 aromatic heterocycles. The number of benzene rings is 9. The van der Waals surface area contributed by atoms with Gasteiger partial charge in [-0.05, 0) is 155 Å². The molecule has 1 heterocycles. The minimum atomic E-state index is 0.0622. The molecule has 0 atom stereocenters. The minimum Gasteiger partial charge on any atom is -0.248 e. The van der Waals surface area contributed by atoms with Gasteiger partial charge < -0.3 is 0 Å². The fourth-order valence-electron chi connectivity index (χ4n) is 13.8. The molecule has 68 heavy (non-hydrogen) atoms. The Bertz CT molecular complexity index is 3560. The van der Waals surface area contributed by atoms with Crippen LogP contribution in [0.5, 0.6) is 0 Å². The highest BCUT2D eigenvalue weighted by molar-refractivity contribution is 6.22. The van der Waals surface area contributed by atoms with E-state index in [0.29, 0.717) is 0 Å².